The van der Waals surface area contributed by atoms with Gasteiger partial charge < -0.3 is 25.4 Å². The fourth-order valence-corrected chi connectivity index (χ4v) is 4.08. The van der Waals surface area contributed by atoms with Crippen LogP contribution in [0.2, 0.25) is 0 Å². The number of benzene rings is 4. The minimum absolute atomic E-state index is 0.0464. The molecule has 0 aliphatic rings. The lowest BCUT2D eigenvalue weighted by Crippen LogP contribution is -2.19. The van der Waals surface area contributed by atoms with E-state index < -0.39 is 5.23 Å². The van der Waals surface area contributed by atoms with Crippen molar-refractivity contribution in [1.29, 1.82) is 0 Å². The van der Waals surface area contributed by atoms with E-state index in [1.165, 1.54) is 6.07 Å². The molecule has 0 heterocycles. The molecule has 0 saturated heterocycles. The minimum atomic E-state index is -0.434. The van der Waals surface area contributed by atoms with Gasteiger partial charge in [-0.2, -0.15) is 5.10 Å². The van der Waals surface area contributed by atoms with E-state index in [-0.39, 0.29) is 16.6 Å². The summed E-state index contributed by atoms with van der Waals surface area (Å²) in [4.78, 5) is 3.41. The molecule has 0 unspecified atom stereocenters. The Hall–Kier alpha value is -4.35. The molecule has 0 saturated carbocycles. The summed E-state index contributed by atoms with van der Waals surface area (Å²) >= 11 is 0. The lowest BCUT2D eigenvalue weighted by atomic mass is 10.00. The van der Waals surface area contributed by atoms with E-state index >= 15 is 0 Å². The summed E-state index contributed by atoms with van der Waals surface area (Å²) in [5, 5.41) is 49.8. The standard InChI is InChI=1S/C27H28N6O4/c1-30(2)23-13-10-20(16-25(23)32(34)35)27(21-11-14-24(31(3)4)26(17-21)33(36)37)29-28-22-12-9-18-7-5-6-8-19(18)15-22/h5-17,28,34-35H,1-4H3/q-2. The maximum Gasteiger partial charge on any atom is 0.118 e. The maximum absolute atomic E-state index is 11.8. The average molecular weight is 501 g/mol. The van der Waals surface area contributed by atoms with Crippen molar-refractivity contribution in [3.05, 3.63) is 100 Å². The number of nitrogens with one attached hydrogen (secondary N) is 1. The van der Waals surface area contributed by atoms with E-state index in [9.17, 15) is 20.8 Å². The molecule has 0 bridgehead atoms. The molecule has 0 radical (unpaired) electrons. The van der Waals surface area contributed by atoms with E-state index in [4.69, 9.17) is 0 Å². The Morgan fingerprint density at radius 1 is 0.676 bits per heavy atom. The van der Waals surface area contributed by atoms with E-state index in [1.54, 1.807) is 68.3 Å². The molecule has 0 amide bonds. The molecule has 0 atom stereocenters. The summed E-state index contributed by atoms with van der Waals surface area (Å²) in [6.07, 6.45) is 0. The van der Waals surface area contributed by atoms with Crippen LogP contribution in [0, 0.1) is 10.4 Å². The van der Waals surface area contributed by atoms with Crippen molar-refractivity contribution in [3.8, 4) is 0 Å². The molecular formula is C27H28N6O4-2. The molecule has 3 N–H and O–H groups in total. The van der Waals surface area contributed by atoms with Gasteiger partial charge in [0, 0.05) is 45.0 Å². The summed E-state index contributed by atoms with van der Waals surface area (Å²) in [7, 11) is 7.03. The van der Waals surface area contributed by atoms with Crippen molar-refractivity contribution >= 4 is 44.9 Å². The highest BCUT2D eigenvalue weighted by molar-refractivity contribution is 6.14. The fourth-order valence-electron chi connectivity index (χ4n) is 4.08. The second-order valence-electron chi connectivity index (χ2n) is 8.88. The lowest BCUT2D eigenvalue weighted by molar-refractivity contribution is 0.0294. The molecule has 0 spiro atoms. The fraction of sp³-hybridized carbons (Fsp3) is 0.148. The summed E-state index contributed by atoms with van der Waals surface area (Å²) in [5.74, 6) is 0. The molecule has 192 valence electrons. The second kappa shape index (κ2) is 10.7. The number of hydrogen-bond acceptors (Lipinski definition) is 10. The topological polar surface area (TPSA) is 124 Å². The predicted molar refractivity (Wildman–Crippen MR) is 150 cm³/mol. The Kier molecular flexibility index (Phi) is 7.46. The first-order valence-electron chi connectivity index (χ1n) is 11.4. The number of anilines is 5. The molecular weight excluding hydrogens is 472 g/mol. The van der Waals surface area contributed by atoms with E-state index in [0.717, 1.165) is 16.5 Å². The Balaban J connectivity index is 1.86. The third-order valence-corrected chi connectivity index (χ3v) is 5.92. The van der Waals surface area contributed by atoms with Crippen molar-refractivity contribution in [2.75, 3.05) is 53.9 Å². The highest BCUT2D eigenvalue weighted by Gasteiger charge is 2.16. The summed E-state index contributed by atoms with van der Waals surface area (Å²) in [6, 6.07) is 23.7. The third-order valence-electron chi connectivity index (χ3n) is 5.92. The van der Waals surface area contributed by atoms with Gasteiger partial charge in [0.25, 0.3) is 0 Å². The number of fused-ring (bicyclic) bond motifs is 1. The number of hydrazone groups is 1. The Bertz CT molecular complexity index is 1370. The molecule has 10 heteroatoms. The molecule has 0 aromatic heterocycles. The van der Waals surface area contributed by atoms with Gasteiger partial charge in [-0.15, -0.1) is 5.23 Å². The third kappa shape index (κ3) is 5.57. The number of nitrogens with zero attached hydrogens (tertiary/aromatic N) is 5. The monoisotopic (exact) mass is 500 g/mol. The van der Waals surface area contributed by atoms with Gasteiger partial charge in [-0.3, -0.25) is 15.8 Å². The number of hydrogen-bond donors (Lipinski definition) is 3. The van der Waals surface area contributed by atoms with E-state index in [0.29, 0.717) is 28.2 Å². The van der Waals surface area contributed by atoms with Crippen molar-refractivity contribution in [2.45, 2.75) is 0 Å². The molecule has 4 rings (SSSR count). The zero-order chi connectivity index (χ0) is 26.7. The second-order valence-corrected chi connectivity index (χ2v) is 8.88. The van der Waals surface area contributed by atoms with Crippen LogP contribution in [0.5, 0.6) is 0 Å². The molecule has 0 aliphatic carbocycles. The Morgan fingerprint density at radius 3 is 1.81 bits per heavy atom. The smallest absolute Gasteiger partial charge is 0.118 e. The van der Waals surface area contributed by atoms with Crippen molar-refractivity contribution < 1.29 is 10.4 Å². The first-order valence-corrected chi connectivity index (χ1v) is 11.4. The highest BCUT2D eigenvalue weighted by Crippen LogP contribution is 2.32. The van der Waals surface area contributed by atoms with Crippen LogP contribution >= 0.6 is 0 Å². The number of rotatable bonds is 8. The van der Waals surface area contributed by atoms with Crippen molar-refractivity contribution in [3.63, 3.8) is 0 Å². The van der Waals surface area contributed by atoms with Crippen LogP contribution in [0.25, 0.3) is 10.8 Å². The molecule has 37 heavy (non-hydrogen) atoms. The van der Waals surface area contributed by atoms with Crippen LogP contribution in [0.1, 0.15) is 11.1 Å². The van der Waals surface area contributed by atoms with Crippen molar-refractivity contribution in [1.82, 2.24) is 0 Å². The molecule has 0 aliphatic heterocycles. The average Bonchev–Trinajstić information content (AvgIpc) is 2.88. The molecule has 0 fully saturated rings. The van der Waals surface area contributed by atoms with Gasteiger partial charge in [0.2, 0.25) is 0 Å². The van der Waals surface area contributed by atoms with Gasteiger partial charge in [-0.25, -0.2) is 0 Å². The van der Waals surface area contributed by atoms with Gasteiger partial charge in [0.1, 0.15) is 5.69 Å². The lowest BCUT2D eigenvalue weighted by Gasteiger charge is -2.40. The Labute approximate surface area is 214 Å². The first-order chi connectivity index (χ1) is 17.7. The highest BCUT2D eigenvalue weighted by atomic mass is 16.8. The minimum Gasteiger partial charge on any atom is -0.769 e. The van der Waals surface area contributed by atoms with E-state index in [2.05, 4.69) is 10.5 Å². The molecule has 4 aromatic rings. The van der Waals surface area contributed by atoms with Gasteiger partial charge in [-0.1, -0.05) is 42.5 Å². The van der Waals surface area contributed by atoms with Crippen molar-refractivity contribution in [2.24, 2.45) is 5.10 Å². The molecule has 10 nitrogen and oxygen atoms in total. The van der Waals surface area contributed by atoms with Crippen LogP contribution in [-0.4, -0.2) is 44.3 Å². The largest absolute Gasteiger partial charge is 0.769 e. The van der Waals surface area contributed by atoms with Gasteiger partial charge in [0.15, 0.2) is 0 Å². The van der Waals surface area contributed by atoms with Crippen LogP contribution in [0.3, 0.4) is 0 Å². The normalized spacial score (nSPS) is 11.4. The summed E-state index contributed by atoms with van der Waals surface area (Å²) in [5.41, 5.74) is 6.25. The van der Waals surface area contributed by atoms with Gasteiger partial charge in [-0.05, 0) is 47.2 Å². The summed E-state index contributed by atoms with van der Waals surface area (Å²) < 4.78 is 0. The molecule has 4 aromatic carbocycles. The van der Waals surface area contributed by atoms with Crippen LogP contribution < -0.4 is 25.7 Å². The van der Waals surface area contributed by atoms with Crippen LogP contribution in [0.15, 0.2) is 84.0 Å². The zero-order valence-electron chi connectivity index (χ0n) is 21.0. The van der Waals surface area contributed by atoms with Crippen LogP contribution in [-0.2, 0) is 0 Å². The SMILES string of the molecule is CN(C)c1ccc(C(=NNc2ccc3ccccc3c2)c2ccc(N(C)C)c(N(O)O)c2)cc1N([O-])[O-]. The Morgan fingerprint density at radius 2 is 1.24 bits per heavy atom. The first kappa shape index (κ1) is 25.7. The quantitative estimate of drug-likeness (QED) is 0.220. The van der Waals surface area contributed by atoms with Gasteiger partial charge in [0.05, 0.1) is 22.8 Å². The predicted octanol–water partition coefficient (Wildman–Crippen LogP) is 5.22. The maximum atomic E-state index is 11.8. The summed E-state index contributed by atoms with van der Waals surface area (Å²) in [6.45, 7) is 0. The van der Waals surface area contributed by atoms with E-state index in [1.807, 2.05) is 42.5 Å². The van der Waals surface area contributed by atoms with Crippen LogP contribution in [0.4, 0.5) is 28.4 Å². The van der Waals surface area contributed by atoms with Gasteiger partial charge >= 0.3 is 0 Å². The zero-order valence-corrected chi connectivity index (χ0v) is 21.0.